The Morgan fingerprint density at radius 3 is 2.80 bits per heavy atom. The molecule has 4 rings (SSSR count). The molecule has 0 bridgehead atoms. The summed E-state index contributed by atoms with van der Waals surface area (Å²) in [6, 6.07) is 0.819. The second kappa shape index (κ2) is 7.27. The summed E-state index contributed by atoms with van der Waals surface area (Å²) in [5, 5.41) is 9.67. The minimum atomic E-state index is 0.224. The number of morpholine rings is 1. The van der Waals surface area contributed by atoms with Crippen LogP contribution in [0.4, 0.5) is 0 Å². The molecule has 1 aromatic rings. The predicted octanol–water partition coefficient (Wildman–Crippen LogP) is 3.00. The lowest BCUT2D eigenvalue weighted by Crippen LogP contribution is -2.55. The number of carbonyl (C=O) groups is 1. The molecule has 25 heavy (non-hydrogen) atoms. The lowest BCUT2D eigenvalue weighted by molar-refractivity contribution is -0.146. The fourth-order valence-corrected chi connectivity index (χ4v) is 4.97. The van der Waals surface area contributed by atoms with Gasteiger partial charge < -0.3 is 14.2 Å². The summed E-state index contributed by atoms with van der Waals surface area (Å²) in [6.45, 7) is 5.71. The van der Waals surface area contributed by atoms with E-state index in [9.17, 15) is 4.79 Å². The summed E-state index contributed by atoms with van der Waals surface area (Å²) in [7, 11) is 0. The highest BCUT2D eigenvalue weighted by Gasteiger charge is 2.37. The lowest BCUT2D eigenvalue weighted by Gasteiger charge is -2.43. The van der Waals surface area contributed by atoms with Crippen molar-refractivity contribution in [1.82, 2.24) is 19.7 Å². The molecule has 3 fully saturated rings. The van der Waals surface area contributed by atoms with Crippen molar-refractivity contribution in [2.45, 2.75) is 81.6 Å². The van der Waals surface area contributed by atoms with Gasteiger partial charge in [-0.2, -0.15) is 0 Å². The van der Waals surface area contributed by atoms with E-state index in [1.54, 1.807) is 11.8 Å². The first kappa shape index (κ1) is 17.3. The third kappa shape index (κ3) is 3.58. The molecule has 0 aromatic carbocycles. The van der Waals surface area contributed by atoms with E-state index in [-0.39, 0.29) is 18.1 Å². The molecule has 0 spiro atoms. The van der Waals surface area contributed by atoms with Gasteiger partial charge in [-0.05, 0) is 25.7 Å². The van der Waals surface area contributed by atoms with Crippen LogP contribution >= 0.6 is 11.8 Å². The van der Waals surface area contributed by atoms with Gasteiger partial charge in [-0.3, -0.25) is 4.79 Å². The molecular weight excluding hydrogens is 336 g/mol. The molecule has 0 radical (unpaired) electrons. The van der Waals surface area contributed by atoms with E-state index in [1.165, 1.54) is 25.7 Å². The number of nitrogens with zero attached hydrogens (tertiary/aromatic N) is 4. The average molecular weight is 365 g/mol. The van der Waals surface area contributed by atoms with Gasteiger partial charge in [-0.15, -0.1) is 10.2 Å². The van der Waals surface area contributed by atoms with Crippen LogP contribution in [0, 0.1) is 0 Å². The van der Waals surface area contributed by atoms with Crippen LogP contribution < -0.4 is 0 Å². The van der Waals surface area contributed by atoms with Crippen molar-refractivity contribution in [1.29, 1.82) is 0 Å². The average Bonchev–Trinajstić information content (AvgIpc) is 3.37. The van der Waals surface area contributed by atoms with Crippen LogP contribution in [0.3, 0.4) is 0 Å². The summed E-state index contributed by atoms with van der Waals surface area (Å²) < 4.78 is 8.16. The van der Waals surface area contributed by atoms with Crippen LogP contribution in [0.25, 0.3) is 0 Å². The number of fused-ring (bicyclic) bond motifs is 1. The Kier molecular flexibility index (Phi) is 5.04. The van der Waals surface area contributed by atoms with Gasteiger partial charge in [-0.1, -0.05) is 38.5 Å². The number of hydrogen-bond donors (Lipinski definition) is 0. The van der Waals surface area contributed by atoms with Gasteiger partial charge in [0.2, 0.25) is 5.91 Å². The topological polar surface area (TPSA) is 60.3 Å². The second-order valence-corrected chi connectivity index (χ2v) is 8.68. The standard InChI is InChI=1S/C18H28N4O2S/c1-12(2)17-19-20-18(22(17)13-7-8-13)25-11-16(23)21-9-10-24-15-6-4-3-5-14(15)21/h12-15H,3-11H2,1-2H3/t14-,15+/m0/s1. The van der Waals surface area contributed by atoms with E-state index >= 15 is 0 Å². The van der Waals surface area contributed by atoms with Gasteiger partial charge in [0.05, 0.1) is 24.5 Å². The van der Waals surface area contributed by atoms with E-state index < -0.39 is 0 Å². The highest BCUT2D eigenvalue weighted by molar-refractivity contribution is 7.99. The first-order valence-electron chi connectivity index (χ1n) is 9.64. The Morgan fingerprint density at radius 1 is 1.24 bits per heavy atom. The molecule has 0 unspecified atom stereocenters. The molecule has 1 saturated heterocycles. The van der Waals surface area contributed by atoms with Crippen LogP contribution in [0.2, 0.25) is 0 Å². The van der Waals surface area contributed by atoms with Gasteiger partial charge in [0.1, 0.15) is 5.82 Å². The number of carbonyl (C=O) groups excluding carboxylic acids is 1. The molecule has 2 atom stereocenters. The third-order valence-electron chi connectivity index (χ3n) is 5.50. The monoisotopic (exact) mass is 364 g/mol. The summed E-state index contributed by atoms with van der Waals surface area (Å²) >= 11 is 1.55. The lowest BCUT2D eigenvalue weighted by atomic mass is 9.90. The molecule has 2 heterocycles. The van der Waals surface area contributed by atoms with Gasteiger partial charge in [-0.25, -0.2) is 0 Å². The summed E-state index contributed by atoms with van der Waals surface area (Å²) in [6.07, 6.45) is 7.25. The molecule has 6 nitrogen and oxygen atoms in total. The summed E-state index contributed by atoms with van der Waals surface area (Å²) in [5.74, 6) is 2.09. The Hall–Kier alpha value is -1.08. The van der Waals surface area contributed by atoms with Crippen molar-refractivity contribution in [2.24, 2.45) is 0 Å². The minimum Gasteiger partial charge on any atom is -0.374 e. The SMILES string of the molecule is CC(C)c1nnc(SCC(=O)N2CCO[C@@H]3CCCC[C@@H]32)n1C1CC1. The second-order valence-electron chi connectivity index (χ2n) is 7.73. The van der Waals surface area contributed by atoms with Crippen molar-refractivity contribution < 1.29 is 9.53 Å². The van der Waals surface area contributed by atoms with E-state index in [2.05, 4.69) is 33.5 Å². The molecule has 1 amide bonds. The zero-order chi connectivity index (χ0) is 17.4. The number of hydrogen-bond acceptors (Lipinski definition) is 5. The molecule has 0 N–H and O–H groups in total. The highest BCUT2D eigenvalue weighted by atomic mass is 32.2. The maximum atomic E-state index is 12.9. The minimum absolute atomic E-state index is 0.224. The first-order valence-corrected chi connectivity index (χ1v) is 10.6. The van der Waals surface area contributed by atoms with Crippen LogP contribution in [0.15, 0.2) is 5.16 Å². The predicted molar refractivity (Wildman–Crippen MR) is 96.8 cm³/mol. The Labute approximate surface area is 153 Å². The van der Waals surface area contributed by atoms with Crippen molar-refractivity contribution in [3.05, 3.63) is 5.82 Å². The first-order chi connectivity index (χ1) is 12.1. The summed E-state index contributed by atoms with van der Waals surface area (Å²) in [4.78, 5) is 14.9. The van der Waals surface area contributed by atoms with Crippen LogP contribution in [0.1, 0.15) is 70.2 Å². The van der Waals surface area contributed by atoms with Crippen molar-refractivity contribution in [3.8, 4) is 0 Å². The molecule has 3 aliphatic rings. The van der Waals surface area contributed by atoms with E-state index in [0.29, 0.717) is 24.3 Å². The molecule has 1 aromatic heterocycles. The van der Waals surface area contributed by atoms with Gasteiger partial charge in [0, 0.05) is 18.5 Å². The van der Waals surface area contributed by atoms with Crippen LogP contribution in [-0.2, 0) is 9.53 Å². The fourth-order valence-electron chi connectivity index (χ4n) is 4.07. The Morgan fingerprint density at radius 2 is 2.04 bits per heavy atom. The number of rotatable bonds is 5. The third-order valence-corrected chi connectivity index (χ3v) is 6.42. The fraction of sp³-hybridized carbons (Fsp3) is 0.833. The highest BCUT2D eigenvalue weighted by Crippen LogP contribution is 2.40. The largest absolute Gasteiger partial charge is 0.374 e. The molecule has 2 saturated carbocycles. The zero-order valence-corrected chi connectivity index (χ0v) is 16.0. The van der Waals surface area contributed by atoms with Crippen molar-refractivity contribution >= 4 is 17.7 Å². The Bertz CT molecular complexity index is 627. The maximum absolute atomic E-state index is 12.9. The van der Waals surface area contributed by atoms with E-state index in [0.717, 1.165) is 30.4 Å². The number of amides is 1. The number of aromatic nitrogens is 3. The molecule has 7 heteroatoms. The quantitative estimate of drug-likeness (QED) is 0.752. The summed E-state index contributed by atoms with van der Waals surface area (Å²) in [5.41, 5.74) is 0. The van der Waals surface area contributed by atoms with E-state index in [1.807, 2.05) is 0 Å². The van der Waals surface area contributed by atoms with Gasteiger partial charge in [0.15, 0.2) is 5.16 Å². The van der Waals surface area contributed by atoms with Crippen molar-refractivity contribution in [3.63, 3.8) is 0 Å². The van der Waals surface area contributed by atoms with E-state index in [4.69, 9.17) is 4.74 Å². The van der Waals surface area contributed by atoms with Crippen LogP contribution in [0.5, 0.6) is 0 Å². The smallest absolute Gasteiger partial charge is 0.233 e. The number of ether oxygens (including phenoxy) is 1. The number of thioether (sulfide) groups is 1. The van der Waals surface area contributed by atoms with Crippen molar-refractivity contribution in [2.75, 3.05) is 18.9 Å². The Balaban J connectivity index is 1.42. The van der Waals surface area contributed by atoms with Gasteiger partial charge >= 0.3 is 0 Å². The molecular formula is C18H28N4O2S. The van der Waals surface area contributed by atoms with Gasteiger partial charge in [0.25, 0.3) is 0 Å². The maximum Gasteiger partial charge on any atom is 0.233 e. The molecule has 138 valence electrons. The normalized spacial score (nSPS) is 26.8. The zero-order valence-electron chi connectivity index (χ0n) is 15.2. The molecule has 2 aliphatic carbocycles. The molecule has 1 aliphatic heterocycles. The van der Waals surface area contributed by atoms with Crippen LogP contribution in [-0.4, -0.2) is 56.6 Å².